The van der Waals surface area contributed by atoms with E-state index in [0.29, 0.717) is 11.8 Å². The molecule has 7 nitrogen and oxygen atoms in total. The number of carbonyl (C=O) groups is 1. The van der Waals surface area contributed by atoms with Gasteiger partial charge in [0, 0.05) is 46.3 Å². The molecule has 0 bridgehead atoms. The molecular formula is C11H17N5O2. The molecule has 0 aromatic carbocycles. The van der Waals surface area contributed by atoms with Crippen LogP contribution in [0, 0.1) is 0 Å². The smallest absolute Gasteiger partial charge is 0.354 e. The molecule has 7 heteroatoms. The Bertz CT molecular complexity index is 443. The summed E-state index contributed by atoms with van der Waals surface area (Å²) in [5.74, 6) is 0.0629. The Hall–Kier alpha value is -1.89. The third-order valence-corrected chi connectivity index (χ3v) is 2.76. The molecule has 1 aliphatic rings. The SMILES string of the molecule is CN(C)c1nc(C(=O)O)cc(N2CCNCC2)n1. The molecule has 1 aromatic heterocycles. The minimum Gasteiger partial charge on any atom is -0.477 e. The summed E-state index contributed by atoms with van der Waals surface area (Å²) in [4.78, 5) is 23.2. The zero-order chi connectivity index (χ0) is 13.1. The number of carboxylic acid groups (broad SMARTS) is 1. The minimum absolute atomic E-state index is 0.0298. The molecule has 18 heavy (non-hydrogen) atoms. The van der Waals surface area contributed by atoms with Crippen molar-refractivity contribution >= 4 is 17.7 Å². The molecule has 1 saturated heterocycles. The molecule has 0 atom stereocenters. The first-order valence-corrected chi connectivity index (χ1v) is 5.83. The van der Waals surface area contributed by atoms with Gasteiger partial charge in [0.1, 0.15) is 5.82 Å². The third kappa shape index (κ3) is 2.67. The summed E-state index contributed by atoms with van der Waals surface area (Å²) in [7, 11) is 3.59. The highest BCUT2D eigenvalue weighted by Crippen LogP contribution is 2.17. The third-order valence-electron chi connectivity index (χ3n) is 2.76. The Morgan fingerprint density at radius 1 is 1.39 bits per heavy atom. The van der Waals surface area contributed by atoms with Crippen LogP contribution in [0.4, 0.5) is 11.8 Å². The predicted molar refractivity (Wildman–Crippen MR) is 68.4 cm³/mol. The fourth-order valence-corrected chi connectivity index (χ4v) is 1.79. The molecule has 0 amide bonds. The van der Waals surface area contributed by atoms with Crippen LogP contribution < -0.4 is 15.1 Å². The molecule has 0 unspecified atom stereocenters. The van der Waals surface area contributed by atoms with Crippen molar-refractivity contribution in [3.05, 3.63) is 11.8 Å². The number of carboxylic acids is 1. The molecular weight excluding hydrogens is 234 g/mol. The molecule has 2 heterocycles. The highest BCUT2D eigenvalue weighted by molar-refractivity contribution is 5.86. The summed E-state index contributed by atoms with van der Waals surface area (Å²) in [6, 6.07) is 1.53. The summed E-state index contributed by atoms with van der Waals surface area (Å²) >= 11 is 0. The number of hydrogen-bond donors (Lipinski definition) is 2. The highest BCUT2D eigenvalue weighted by Gasteiger charge is 2.17. The Morgan fingerprint density at radius 2 is 2.06 bits per heavy atom. The molecule has 0 aliphatic carbocycles. The summed E-state index contributed by atoms with van der Waals surface area (Å²) in [5, 5.41) is 12.3. The quantitative estimate of drug-likeness (QED) is 0.760. The van der Waals surface area contributed by atoms with E-state index in [1.165, 1.54) is 6.07 Å². The van der Waals surface area contributed by atoms with E-state index < -0.39 is 5.97 Å². The van der Waals surface area contributed by atoms with Crippen LogP contribution >= 0.6 is 0 Å². The van der Waals surface area contributed by atoms with Crippen LogP contribution in [0.25, 0.3) is 0 Å². The lowest BCUT2D eigenvalue weighted by atomic mass is 10.3. The van der Waals surface area contributed by atoms with Gasteiger partial charge < -0.3 is 20.2 Å². The van der Waals surface area contributed by atoms with Gasteiger partial charge in [-0.15, -0.1) is 0 Å². The number of anilines is 2. The summed E-state index contributed by atoms with van der Waals surface area (Å²) in [6.45, 7) is 3.40. The molecule has 2 N–H and O–H groups in total. The number of hydrogen-bond acceptors (Lipinski definition) is 6. The van der Waals surface area contributed by atoms with Gasteiger partial charge in [-0.1, -0.05) is 0 Å². The van der Waals surface area contributed by atoms with E-state index >= 15 is 0 Å². The standard InChI is InChI=1S/C11H17N5O2/c1-15(2)11-13-8(10(17)18)7-9(14-11)16-5-3-12-4-6-16/h7,12H,3-6H2,1-2H3,(H,17,18). The molecule has 0 saturated carbocycles. The van der Waals surface area contributed by atoms with E-state index in [4.69, 9.17) is 5.11 Å². The first kappa shape index (κ1) is 12.6. The molecule has 1 aromatic rings. The van der Waals surface area contributed by atoms with Crippen molar-refractivity contribution in [1.29, 1.82) is 0 Å². The molecule has 0 spiro atoms. The minimum atomic E-state index is -1.03. The van der Waals surface area contributed by atoms with Crippen LogP contribution in [0.15, 0.2) is 6.07 Å². The van der Waals surface area contributed by atoms with Crippen LogP contribution in [-0.2, 0) is 0 Å². The van der Waals surface area contributed by atoms with E-state index in [1.807, 2.05) is 0 Å². The first-order chi connectivity index (χ1) is 8.58. The summed E-state index contributed by atoms with van der Waals surface area (Å²) < 4.78 is 0. The lowest BCUT2D eigenvalue weighted by molar-refractivity contribution is 0.0690. The van der Waals surface area contributed by atoms with Gasteiger partial charge in [-0.2, -0.15) is 4.98 Å². The maximum Gasteiger partial charge on any atom is 0.354 e. The van der Waals surface area contributed by atoms with Gasteiger partial charge in [-0.05, 0) is 0 Å². The molecule has 1 aliphatic heterocycles. The second kappa shape index (κ2) is 5.18. The van der Waals surface area contributed by atoms with Gasteiger partial charge in [0.2, 0.25) is 5.95 Å². The van der Waals surface area contributed by atoms with E-state index in [0.717, 1.165) is 26.2 Å². The second-order valence-electron chi connectivity index (χ2n) is 4.35. The van der Waals surface area contributed by atoms with Crippen LogP contribution in [0.3, 0.4) is 0 Å². The molecule has 1 fully saturated rings. The van der Waals surface area contributed by atoms with Gasteiger partial charge >= 0.3 is 5.97 Å². The van der Waals surface area contributed by atoms with E-state index in [9.17, 15) is 4.79 Å². The zero-order valence-corrected chi connectivity index (χ0v) is 10.6. The Morgan fingerprint density at radius 3 is 2.61 bits per heavy atom. The highest BCUT2D eigenvalue weighted by atomic mass is 16.4. The number of aromatic nitrogens is 2. The average Bonchev–Trinajstić information content (AvgIpc) is 2.39. The fourth-order valence-electron chi connectivity index (χ4n) is 1.79. The predicted octanol–water partition coefficient (Wildman–Crippen LogP) is -0.350. The summed E-state index contributed by atoms with van der Waals surface area (Å²) in [6.07, 6.45) is 0. The van der Waals surface area contributed by atoms with Crippen molar-refractivity contribution in [3.63, 3.8) is 0 Å². The van der Waals surface area contributed by atoms with Gasteiger partial charge in [-0.3, -0.25) is 0 Å². The van der Waals surface area contributed by atoms with Crippen molar-refractivity contribution in [2.75, 3.05) is 50.1 Å². The van der Waals surface area contributed by atoms with E-state index in [2.05, 4.69) is 20.2 Å². The first-order valence-electron chi connectivity index (χ1n) is 5.83. The number of piperazine rings is 1. The van der Waals surface area contributed by atoms with Crippen LogP contribution in [0.1, 0.15) is 10.5 Å². The normalized spacial score (nSPS) is 15.6. The Kier molecular flexibility index (Phi) is 3.61. The van der Waals surface area contributed by atoms with Crippen LogP contribution in [0.5, 0.6) is 0 Å². The van der Waals surface area contributed by atoms with Gasteiger partial charge in [-0.25, -0.2) is 9.78 Å². The van der Waals surface area contributed by atoms with Crippen molar-refractivity contribution in [1.82, 2.24) is 15.3 Å². The van der Waals surface area contributed by atoms with Crippen molar-refractivity contribution in [2.45, 2.75) is 0 Å². The van der Waals surface area contributed by atoms with Crippen molar-refractivity contribution < 1.29 is 9.90 Å². The average molecular weight is 251 g/mol. The Labute approximate surface area is 105 Å². The van der Waals surface area contributed by atoms with Crippen LogP contribution in [0.2, 0.25) is 0 Å². The summed E-state index contributed by atoms with van der Waals surface area (Å²) in [5.41, 5.74) is 0.0298. The lowest BCUT2D eigenvalue weighted by Gasteiger charge is -2.29. The van der Waals surface area contributed by atoms with Crippen molar-refractivity contribution in [2.24, 2.45) is 0 Å². The maximum atomic E-state index is 11.1. The topological polar surface area (TPSA) is 81.6 Å². The molecule has 98 valence electrons. The molecule has 2 rings (SSSR count). The number of nitrogens with one attached hydrogen (secondary N) is 1. The Balaban J connectivity index is 2.35. The van der Waals surface area contributed by atoms with Gasteiger partial charge in [0.25, 0.3) is 0 Å². The lowest BCUT2D eigenvalue weighted by Crippen LogP contribution is -2.44. The second-order valence-corrected chi connectivity index (χ2v) is 4.35. The van der Waals surface area contributed by atoms with Gasteiger partial charge in [0.05, 0.1) is 0 Å². The number of nitrogens with zero attached hydrogens (tertiary/aromatic N) is 4. The largest absolute Gasteiger partial charge is 0.477 e. The van der Waals surface area contributed by atoms with Crippen molar-refractivity contribution in [3.8, 4) is 0 Å². The monoisotopic (exact) mass is 251 g/mol. The molecule has 0 radical (unpaired) electrons. The zero-order valence-electron chi connectivity index (χ0n) is 10.6. The number of aromatic carboxylic acids is 1. The van der Waals surface area contributed by atoms with E-state index in [1.54, 1.807) is 19.0 Å². The van der Waals surface area contributed by atoms with Gasteiger partial charge in [0.15, 0.2) is 5.69 Å². The fraction of sp³-hybridized carbons (Fsp3) is 0.545. The van der Waals surface area contributed by atoms with Crippen LogP contribution in [-0.4, -0.2) is 61.3 Å². The van der Waals surface area contributed by atoms with E-state index in [-0.39, 0.29) is 5.69 Å². The maximum absolute atomic E-state index is 11.1. The number of rotatable bonds is 3.